The summed E-state index contributed by atoms with van der Waals surface area (Å²) in [5.41, 5.74) is 5.58. The molecule has 0 atom stereocenters. The zero-order chi connectivity index (χ0) is 26.9. The Bertz CT molecular complexity index is 1360. The molecule has 192 valence electrons. The van der Waals surface area contributed by atoms with E-state index in [0.29, 0.717) is 28.1 Å². The zero-order valence-electron chi connectivity index (χ0n) is 20.4. The van der Waals surface area contributed by atoms with E-state index in [2.05, 4.69) is 31.8 Å². The second-order valence-electron chi connectivity index (χ2n) is 7.85. The van der Waals surface area contributed by atoms with Crippen molar-refractivity contribution >= 4 is 45.3 Å². The van der Waals surface area contributed by atoms with E-state index in [-0.39, 0.29) is 23.8 Å². The van der Waals surface area contributed by atoms with Crippen molar-refractivity contribution in [1.82, 2.24) is 5.43 Å². The Hall–Kier alpha value is -4.25. The van der Waals surface area contributed by atoms with Crippen LogP contribution in [0.15, 0.2) is 64.2 Å². The van der Waals surface area contributed by atoms with Crippen LogP contribution in [0.3, 0.4) is 0 Å². The first-order valence-electron chi connectivity index (χ1n) is 11.2. The summed E-state index contributed by atoms with van der Waals surface area (Å²) in [4.78, 5) is 35.1. The summed E-state index contributed by atoms with van der Waals surface area (Å²) in [5.74, 6) is -0.199. The molecule has 0 radical (unpaired) electrons. The number of anilines is 1. The summed E-state index contributed by atoms with van der Waals surface area (Å²) in [5, 5.41) is 17.7. The van der Waals surface area contributed by atoms with Crippen molar-refractivity contribution in [2.45, 2.75) is 20.8 Å². The minimum atomic E-state index is -0.598. The predicted molar refractivity (Wildman–Crippen MR) is 144 cm³/mol. The lowest BCUT2D eigenvalue weighted by Crippen LogP contribution is -2.21. The van der Waals surface area contributed by atoms with E-state index in [4.69, 9.17) is 9.47 Å². The third-order valence-corrected chi connectivity index (χ3v) is 5.85. The normalized spacial score (nSPS) is 10.7. The van der Waals surface area contributed by atoms with E-state index in [1.807, 2.05) is 39.0 Å². The molecular formula is C26H25BrN4O6. The number of benzene rings is 3. The average molecular weight is 569 g/mol. The van der Waals surface area contributed by atoms with E-state index in [0.717, 1.165) is 22.9 Å². The Morgan fingerprint density at radius 2 is 1.86 bits per heavy atom. The highest BCUT2D eigenvalue weighted by Gasteiger charge is 2.15. The first-order chi connectivity index (χ1) is 17.7. The second kappa shape index (κ2) is 12.6. The fourth-order valence-electron chi connectivity index (χ4n) is 3.27. The van der Waals surface area contributed by atoms with Crippen molar-refractivity contribution in [2.75, 3.05) is 18.5 Å². The molecule has 11 heteroatoms. The van der Waals surface area contributed by atoms with Gasteiger partial charge in [0.1, 0.15) is 0 Å². The van der Waals surface area contributed by atoms with E-state index < -0.39 is 10.8 Å². The zero-order valence-corrected chi connectivity index (χ0v) is 22.0. The largest absolute Gasteiger partial charge is 0.490 e. The summed E-state index contributed by atoms with van der Waals surface area (Å²) < 4.78 is 12.0. The summed E-state index contributed by atoms with van der Waals surface area (Å²) in [6.45, 7) is 5.82. The quantitative estimate of drug-likeness (QED) is 0.197. The molecule has 0 heterocycles. The molecule has 2 N–H and O–H groups in total. The molecule has 0 aromatic heterocycles. The van der Waals surface area contributed by atoms with Gasteiger partial charge in [-0.15, -0.1) is 0 Å². The molecule has 0 unspecified atom stereocenters. The smallest absolute Gasteiger partial charge is 0.271 e. The van der Waals surface area contributed by atoms with Crippen LogP contribution in [0.25, 0.3) is 0 Å². The van der Waals surface area contributed by atoms with Gasteiger partial charge in [-0.25, -0.2) is 5.43 Å². The topological polar surface area (TPSA) is 132 Å². The van der Waals surface area contributed by atoms with Gasteiger partial charge >= 0.3 is 0 Å². The van der Waals surface area contributed by atoms with Crippen LogP contribution >= 0.6 is 15.9 Å². The van der Waals surface area contributed by atoms with Crippen molar-refractivity contribution in [3.05, 3.63) is 91.4 Å². The van der Waals surface area contributed by atoms with Crippen LogP contribution in [0.1, 0.15) is 34.0 Å². The van der Waals surface area contributed by atoms with Gasteiger partial charge in [0.25, 0.3) is 17.5 Å². The first-order valence-corrected chi connectivity index (χ1v) is 12.0. The van der Waals surface area contributed by atoms with Crippen LogP contribution in [0.2, 0.25) is 0 Å². The standard InChI is InChI=1S/C26H25BrN4O6/c1-4-36-23-12-18(14-28-30-26(33)19-8-6-9-20(13-19)31(34)35)11-21(27)25(23)37-15-24(32)29-22-10-5-7-16(2)17(22)3/h5-14H,4,15H2,1-3H3,(H,29,32)(H,30,33)/b28-14+. The van der Waals surface area contributed by atoms with Crippen LogP contribution in [0, 0.1) is 24.0 Å². The number of rotatable bonds is 10. The van der Waals surface area contributed by atoms with E-state index >= 15 is 0 Å². The highest BCUT2D eigenvalue weighted by Crippen LogP contribution is 2.36. The number of nitrogens with zero attached hydrogens (tertiary/aromatic N) is 2. The van der Waals surface area contributed by atoms with Gasteiger partial charge in [0.15, 0.2) is 18.1 Å². The van der Waals surface area contributed by atoms with Crippen LogP contribution in [-0.2, 0) is 4.79 Å². The number of non-ortho nitro benzene ring substituents is 1. The van der Waals surface area contributed by atoms with Gasteiger partial charge in [0.05, 0.1) is 22.2 Å². The minimum Gasteiger partial charge on any atom is -0.490 e. The van der Waals surface area contributed by atoms with E-state index in [1.54, 1.807) is 12.1 Å². The summed E-state index contributed by atoms with van der Waals surface area (Å²) in [6.07, 6.45) is 1.39. The number of halogens is 1. The number of carbonyl (C=O) groups excluding carboxylic acids is 2. The number of aryl methyl sites for hydroxylation is 1. The summed E-state index contributed by atoms with van der Waals surface area (Å²) in [6, 6.07) is 14.3. The van der Waals surface area contributed by atoms with Crippen molar-refractivity contribution in [1.29, 1.82) is 0 Å². The molecule has 37 heavy (non-hydrogen) atoms. The van der Waals surface area contributed by atoms with Crippen LogP contribution in [0.5, 0.6) is 11.5 Å². The van der Waals surface area contributed by atoms with Gasteiger partial charge in [0.2, 0.25) is 0 Å². The maximum atomic E-state index is 12.5. The molecule has 0 spiro atoms. The molecule has 2 amide bonds. The third-order valence-electron chi connectivity index (χ3n) is 5.26. The van der Waals surface area contributed by atoms with Gasteiger partial charge in [0, 0.05) is 23.4 Å². The lowest BCUT2D eigenvalue weighted by Gasteiger charge is -2.15. The molecule has 3 rings (SSSR count). The number of carbonyl (C=O) groups is 2. The lowest BCUT2D eigenvalue weighted by atomic mass is 10.1. The highest BCUT2D eigenvalue weighted by molar-refractivity contribution is 9.10. The molecule has 0 saturated carbocycles. The van der Waals surface area contributed by atoms with Crippen LogP contribution in [-0.4, -0.2) is 36.2 Å². The van der Waals surface area contributed by atoms with Gasteiger partial charge in [-0.1, -0.05) is 18.2 Å². The Balaban J connectivity index is 1.68. The van der Waals surface area contributed by atoms with Crippen LogP contribution < -0.4 is 20.2 Å². The first kappa shape index (κ1) is 27.3. The highest BCUT2D eigenvalue weighted by atomic mass is 79.9. The number of hydrogen-bond donors (Lipinski definition) is 2. The molecule has 0 aliphatic rings. The fourth-order valence-corrected chi connectivity index (χ4v) is 3.84. The molecule has 0 aliphatic carbocycles. The van der Waals surface area contributed by atoms with Gasteiger partial charge < -0.3 is 14.8 Å². The minimum absolute atomic E-state index is 0.102. The average Bonchev–Trinajstić information content (AvgIpc) is 2.86. The molecular weight excluding hydrogens is 544 g/mol. The molecule has 0 fully saturated rings. The number of hydrogen-bond acceptors (Lipinski definition) is 7. The molecule has 3 aromatic rings. The van der Waals surface area contributed by atoms with Gasteiger partial charge in [-0.05, 0) is 77.7 Å². The Labute approximate surface area is 222 Å². The Morgan fingerprint density at radius 3 is 2.59 bits per heavy atom. The number of nitro groups is 1. The van der Waals surface area contributed by atoms with Crippen molar-refractivity contribution in [2.24, 2.45) is 5.10 Å². The lowest BCUT2D eigenvalue weighted by molar-refractivity contribution is -0.384. The van der Waals surface area contributed by atoms with Crippen LogP contribution in [0.4, 0.5) is 11.4 Å². The van der Waals surface area contributed by atoms with Crippen molar-refractivity contribution in [3.63, 3.8) is 0 Å². The Kier molecular flexibility index (Phi) is 9.33. The van der Waals surface area contributed by atoms with Gasteiger partial charge in [-0.2, -0.15) is 5.10 Å². The second-order valence-corrected chi connectivity index (χ2v) is 8.71. The number of hydrazone groups is 1. The van der Waals surface area contributed by atoms with Crippen molar-refractivity contribution in [3.8, 4) is 11.5 Å². The molecule has 0 saturated heterocycles. The number of amides is 2. The predicted octanol–water partition coefficient (Wildman–Crippen LogP) is 5.15. The summed E-state index contributed by atoms with van der Waals surface area (Å²) in [7, 11) is 0. The monoisotopic (exact) mass is 568 g/mol. The van der Waals surface area contributed by atoms with E-state index in [1.165, 1.54) is 24.4 Å². The van der Waals surface area contributed by atoms with E-state index in [9.17, 15) is 19.7 Å². The Morgan fingerprint density at radius 1 is 1.11 bits per heavy atom. The van der Waals surface area contributed by atoms with Crippen molar-refractivity contribution < 1.29 is 24.0 Å². The fraction of sp³-hybridized carbons (Fsp3) is 0.192. The number of ether oxygens (including phenoxy) is 2. The number of nitro benzene ring substituents is 1. The summed E-state index contributed by atoms with van der Waals surface area (Å²) >= 11 is 3.44. The van der Waals surface area contributed by atoms with Gasteiger partial charge in [-0.3, -0.25) is 19.7 Å². The molecule has 0 aliphatic heterocycles. The maximum absolute atomic E-state index is 12.5. The SMILES string of the molecule is CCOc1cc(/C=N/NC(=O)c2cccc([N+](=O)[O-])c2)cc(Br)c1OCC(=O)Nc1cccc(C)c1C. The molecule has 10 nitrogen and oxygen atoms in total. The molecule has 3 aromatic carbocycles. The third kappa shape index (κ3) is 7.37. The molecule has 0 bridgehead atoms. The number of nitrogens with one attached hydrogen (secondary N) is 2. The maximum Gasteiger partial charge on any atom is 0.271 e.